The summed E-state index contributed by atoms with van der Waals surface area (Å²) >= 11 is 3.49. The van der Waals surface area contributed by atoms with Gasteiger partial charge in [0.05, 0.1) is 22.8 Å². The lowest BCUT2D eigenvalue weighted by Crippen LogP contribution is -2.16. The second-order valence-electron chi connectivity index (χ2n) is 3.21. The summed E-state index contributed by atoms with van der Waals surface area (Å²) < 4.78 is 8.24. The first-order valence-corrected chi connectivity index (χ1v) is 5.07. The molecule has 4 heteroatoms. The van der Waals surface area contributed by atoms with E-state index < -0.39 is 0 Å². The summed E-state index contributed by atoms with van der Waals surface area (Å²) in [5.41, 5.74) is 2.18. The molecule has 1 atom stereocenters. The molecule has 0 saturated heterocycles. The highest BCUT2D eigenvalue weighted by molar-refractivity contribution is 9.10. The van der Waals surface area contributed by atoms with Gasteiger partial charge in [-0.05, 0) is 36.7 Å². The number of aromatic nitrogens is 2. The summed E-state index contributed by atoms with van der Waals surface area (Å²) in [5.74, 6) is 0. The number of halogens is 1. The van der Waals surface area contributed by atoms with Gasteiger partial charge >= 0.3 is 0 Å². The van der Waals surface area contributed by atoms with Crippen LogP contribution in [0.1, 0.15) is 18.3 Å². The molecule has 0 fully saturated rings. The van der Waals surface area contributed by atoms with Crippen LogP contribution in [0.15, 0.2) is 4.47 Å². The number of aryl methyl sites for hydroxylation is 1. The molecule has 0 aliphatic rings. The molecule has 1 unspecified atom stereocenters. The Hall–Kier alpha value is -0.350. The normalized spacial score (nSPS) is 13.3. The van der Waals surface area contributed by atoms with Crippen molar-refractivity contribution in [3.8, 4) is 0 Å². The van der Waals surface area contributed by atoms with Crippen LogP contribution >= 0.6 is 15.9 Å². The topological polar surface area (TPSA) is 27.1 Å². The van der Waals surface area contributed by atoms with Gasteiger partial charge in [-0.1, -0.05) is 0 Å². The Labute approximate surface area is 87.2 Å². The van der Waals surface area contributed by atoms with Crippen molar-refractivity contribution in [3.63, 3.8) is 0 Å². The maximum absolute atomic E-state index is 5.18. The third-order valence-corrected chi connectivity index (χ3v) is 3.27. The van der Waals surface area contributed by atoms with Gasteiger partial charge in [-0.25, -0.2) is 0 Å². The molecule has 1 rings (SSSR count). The van der Waals surface area contributed by atoms with Crippen LogP contribution in [0.4, 0.5) is 0 Å². The van der Waals surface area contributed by atoms with Crippen molar-refractivity contribution in [2.45, 2.75) is 33.4 Å². The molecule has 3 nitrogen and oxygen atoms in total. The van der Waals surface area contributed by atoms with E-state index in [4.69, 9.17) is 4.74 Å². The van der Waals surface area contributed by atoms with Gasteiger partial charge < -0.3 is 4.74 Å². The summed E-state index contributed by atoms with van der Waals surface area (Å²) in [6.07, 6.45) is 0.199. The molecule has 0 saturated carbocycles. The Kier molecular flexibility index (Phi) is 3.50. The Balaban J connectivity index is 2.83. The molecule has 0 radical (unpaired) electrons. The second kappa shape index (κ2) is 4.24. The van der Waals surface area contributed by atoms with E-state index >= 15 is 0 Å². The fourth-order valence-corrected chi connectivity index (χ4v) is 1.45. The summed E-state index contributed by atoms with van der Waals surface area (Å²) in [4.78, 5) is 0. The first-order valence-electron chi connectivity index (χ1n) is 4.28. The van der Waals surface area contributed by atoms with E-state index in [2.05, 4.69) is 21.0 Å². The van der Waals surface area contributed by atoms with E-state index in [0.29, 0.717) is 0 Å². The van der Waals surface area contributed by atoms with Gasteiger partial charge in [0.25, 0.3) is 0 Å². The van der Waals surface area contributed by atoms with Gasteiger partial charge in [-0.3, -0.25) is 4.68 Å². The monoisotopic (exact) mass is 246 g/mol. The van der Waals surface area contributed by atoms with Gasteiger partial charge in [0.1, 0.15) is 0 Å². The Morgan fingerprint density at radius 2 is 2.15 bits per heavy atom. The molecular weight excluding hydrogens is 232 g/mol. The molecule has 0 bridgehead atoms. The molecular formula is C9H15BrN2O. The first kappa shape index (κ1) is 10.7. The van der Waals surface area contributed by atoms with Crippen LogP contribution < -0.4 is 0 Å². The predicted molar refractivity (Wildman–Crippen MR) is 55.9 cm³/mol. The van der Waals surface area contributed by atoms with Gasteiger partial charge in [-0.15, -0.1) is 0 Å². The molecule has 0 aliphatic heterocycles. The van der Waals surface area contributed by atoms with E-state index in [9.17, 15) is 0 Å². The number of hydrogen-bond donors (Lipinski definition) is 0. The summed E-state index contributed by atoms with van der Waals surface area (Å²) in [5, 5.41) is 4.39. The van der Waals surface area contributed by atoms with Crippen LogP contribution in [0.2, 0.25) is 0 Å². The van der Waals surface area contributed by atoms with E-state index in [1.54, 1.807) is 7.11 Å². The molecule has 0 amide bonds. The molecule has 74 valence electrons. The lowest BCUT2D eigenvalue weighted by atomic mass is 10.4. The van der Waals surface area contributed by atoms with Crippen LogP contribution in [0.5, 0.6) is 0 Å². The van der Waals surface area contributed by atoms with Gasteiger partial charge in [0.15, 0.2) is 0 Å². The second-order valence-corrected chi connectivity index (χ2v) is 4.01. The standard InChI is InChI=1S/C9H15BrN2O/c1-6(13-4)5-12-8(3)9(10)7(2)11-12/h6H,5H2,1-4H3. The molecule has 0 N–H and O–H groups in total. The van der Waals surface area contributed by atoms with Gasteiger partial charge in [-0.2, -0.15) is 5.10 Å². The zero-order valence-corrected chi connectivity index (χ0v) is 10.1. The summed E-state index contributed by atoms with van der Waals surface area (Å²) in [7, 11) is 1.71. The van der Waals surface area contributed by atoms with Gasteiger partial charge in [0.2, 0.25) is 0 Å². The number of ether oxygens (including phenoxy) is 1. The van der Waals surface area contributed by atoms with Crippen molar-refractivity contribution in [2.75, 3.05) is 7.11 Å². The predicted octanol–water partition coefficient (Wildman–Crippen LogP) is 2.30. The minimum Gasteiger partial charge on any atom is -0.380 e. The lowest BCUT2D eigenvalue weighted by molar-refractivity contribution is 0.0991. The Morgan fingerprint density at radius 1 is 1.54 bits per heavy atom. The zero-order valence-electron chi connectivity index (χ0n) is 8.47. The van der Waals surface area contributed by atoms with Crippen LogP contribution in [0.3, 0.4) is 0 Å². The minimum atomic E-state index is 0.199. The molecule has 1 aromatic rings. The van der Waals surface area contributed by atoms with Crippen molar-refractivity contribution >= 4 is 15.9 Å². The highest BCUT2D eigenvalue weighted by Crippen LogP contribution is 2.19. The number of nitrogens with zero attached hydrogens (tertiary/aromatic N) is 2. The number of methoxy groups -OCH3 is 1. The van der Waals surface area contributed by atoms with Gasteiger partial charge in [0, 0.05) is 12.8 Å². The third-order valence-electron chi connectivity index (χ3n) is 2.13. The van der Waals surface area contributed by atoms with Crippen LogP contribution in [0, 0.1) is 13.8 Å². The number of rotatable bonds is 3. The van der Waals surface area contributed by atoms with Crippen molar-refractivity contribution in [3.05, 3.63) is 15.9 Å². The fourth-order valence-electron chi connectivity index (χ4n) is 1.17. The largest absolute Gasteiger partial charge is 0.380 e. The lowest BCUT2D eigenvalue weighted by Gasteiger charge is -2.10. The highest BCUT2D eigenvalue weighted by Gasteiger charge is 2.10. The molecule has 0 spiro atoms. The van der Waals surface area contributed by atoms with Crippen molar-refractivity contribution in [2.24, 2.45) is 0 Å². The van der Waals surface area contributed by atoms with E-state index in [0.717, 1.165) is 22.4 Å². The van der Waals surface area contributed by atoms with Crippen LogP contribution in [-0.2, 0) is 11.3 Å². The molecule has 0 aromatic carbocycles. The van der Waals surface area contributed by atoms with E-state index in [1.807, 2.05) is 25.5 Å². The average Bonchev–Trinajstić information content (AvgIpc) is 2.34. The molecule has 13 heavy (non-hydrogen) atoms. The molecule has 1 heterocycles. The summed E-state index contributed by atoms with van der Waals surface area (Å²) in [6.45, 7) is 6.87. The van der Waals surface area contributed by atoms with Crippen molar-refractivity contribution in [1.82, 2.24) is 9.78 Å². The summed E-state index contributed by atoms with van der Waals surface area (Å²) in [6, 6.07) is 0. The van der Waals surface area contributed by atoms with E-state index in [1.165, 1.54) is 0 Å². The zero-order chi connectivity index (χ0) is 10.0. The average molecular weight is 247 g/mol. The number of hydrogen-bond acceptors (Lipinski definition) is 2. The maximum atomic E-state index is 5.18. The van der Waals surface area contributed by atoms with Crippen molar-refractivity contribution in [1.29, 1.82) is 0 Å². The molecule has 0 aliphatic carbocycles. The van der Waals surface area contributed by atoms with Crippen LogP contribution in [0.25, 0.3) is 0 Å². The van der Waals surface area contributed by atoms with E-state index in [-0.39, 0.29) is 6.10 Å². The first-order chi connectivity index (χ1) is 6.06. The maximum Gasteiger partial charge on any atom is 0.0739 e. The quantitative estimate of drug-likeness (QED) is 0.819. The Bertz CT molecular complexity index is 296. The highest BCUT2D eigenvalue weighted by atomic mass is 79.9. The molecule has 1 aromatic heterocycles. The van der Waals surface area contributed by atoms with Crippen molar-refractivity contribution < 1.29 is 4.74 Å². The minimum absolute atomic E-state index is 0.199. The third kappa shape index (κ3) is 2.31. The fraction of sp³-hybridized carbons (Fsp3) is 0.667. The SMILES string of the molecule is COC(C)Cn1nc(C)c(Br)c1C. The Morgan fingerprint density at radius 3 is 2.54 bits per heavy atom. The smallest absolute Gasteiger partial charge is 0.0739 e. The van der Waals surface area contributed by atoms with Crippen LogP contribution in [-0.4, -0.2) is 23.0 Å².